The number of nitrogens with zero attached hydrogens (tertiary/aromatic N) is 1. The van der Waals surface area contributed by atoms with Gasteiger partial charge in [0, 0.05) is 37.2 Å². The van der Waals surface area contributed by atoms with E-state index in [9.17, 15) is 20.1 Å². The Morgan fingerprint density at radius 1 is 1.08 bits per heavy atom. The Morgan fingerprint density at radius 2 is 1.92 bits per heavy atom. The van der Waals surface area contributed by atoms with Crippen LogP contribution in [0, 0.1) is 5.41 Å². The number of aliphatic hydroxyl groups is 3. The average Bonchev–Trinajstić information content (AvgIpc) is 3.87. The van der Waals surface area contributed by atoms with Crippen LogP contribution in [0.4, 0.5) is 0 Å². The first kappa shape index (κ1) is 36.7. The molecule has 1 aliphatic heterocycles. The second-order valence-electron chi connectivity index (χ2n) is 15.2. The Morgan fingerprint density at radius 3 is 2.68 bits per heavy atom. The molecule has 3 aromatic rings. The summed E-state index contributed by atoms with van der Waals surface area (Å²) in [5, 5.41) is 35.1. The smallest absolute Gasteiger partial charge is 0.228 e. The lowest BCUT2D eigenvalue weighted by molar-refractivity contribution is -0.0961. The molecule has 3 N–H and O–H groups in total. The Hall–Kier alpha value is -3.11. The van der Waals surface area contributed by atoms with Gasteiger partial charge >= 0.3 is 0 Å². The molecule has 8 heteroatoms. The van der Waals surface area contributed by atoms with Gasteiger partial charge in [-0.15, -0.1) is 0 Å². The molecule has 1 saturated carbocycles. The normalized spacial score (nSPS) is 28.0. The van der Waals surface area contributed by atoms with Gasteiger partial charge in [0.1, 0.15) is 0 Å². The molecule has 7 rings (SSSR count). The van der Waals surface area contributed by atoms with Gasteiger partial charge in [-0.25, -0.2) is 0 Å². The zero-order chi connectivity index (χ0) is 35.1. The lowest BCUT2D eigenvalue weighted by atomic mass is 9.64. The van der Waals surface area contributed by atoms with E-state index < -0.39 is 23.2 Å². The molecule has 1 saturated heterocycles. The third-order valence-electron chi connectivity index (χ3n) is 11.5. The molecule has 0 radical (unpaired) electrons. The van der Waals surface area contributed by atoms with Gasteiger partial charge < -0.3 is 29.2 Å². The van der Waals surface area contributed by atoms with Crippen molar-refractivity contribution in [2.45, 2.75) is 108 Å². The molecular weight excluding hydrogens is 630 g/mol. The average molecular weight is 686 g/mol. The molecule has 6 atom stereocenters. The lowest BCUT2D eigenvalue weighted by Gasteiger charge is -2.46. The summed E-state index contributed by atoms with van der Waals surface area (Å²) in [6, 6.07) is 19.4. The van der Waals surface area contributed by atoms with Crippen LogP contribution in [0.1, 0.15) is 104 Å². The largest absolute Gasteiger partial charge is 0.461 e. The van der Waals surface area contributed by atoms with Crippen molar-refractivity contribution < 1.29 is 34.0 Å². The highest BCUT2D eigenvalue weighted by molar-refractivity contribution is 6.08. The van der Waals surface area contributed by atoms with Gasteiger partial charge in [-0.2, -0.15) is 0 Å². The molecule has 2 bridgehead atoms. The van der Waals surface area contributed by atoms with E-state index in [1.807, 2.05) is 42.5 Å². The number of hydrogen-bond acceptors (Lipinski definition) is 8. The van der Waals surface area contributed by atoms with Gasteiger partial charge in [-0.3, -0.25) is 9.69 Å². The van der Waals surface area contributed by atoms with Gasteiger partial charge in [0.2, 0.25) is 5.78 Å². The maximum atomic E-state index is 14.0. The number of hydrogen-bond donors (Lipinski definition) is 3. The molecule has 50 heavy (non-hydrogen) atoms. The summed E-state index contributed by atoms with van der Waals surface area (Å²) in [4.78, 5) is 16.2. The number of fused-ring (bicyclic) bond motifs is 8. The SMILES string of the molecule is CC1=CCCC2(C)C(CCC2(O)CN(CC(O)COCc2ccccc2)CC2CCCO2)c2ccc(cc2C(=O)c2ccco2)CC(O)CC1. The van der Waals surface area contributed by atoms with Crippen LogP contribution in [0.25, 0.3) is 0 Å². The first-order chi connectivity index (χ1) is 24.1. The van der Waals surface area contributed by atoms with E-state index in [2.05, 4.69) is 30.9 Å². The fraction of sp³-hybridized carbons (Fsp3) is 0.548. The summed E-state index contributed by atoms with van der Waals surface area (Å²) in [6.07, 6.45) is 9.24. The van der Waals surface area contributed by atoms with E-state index in [0.29, 0.717) is 57.5 Å². The first-order valence-corrected chi connectivity index (χ1v) is 18.5. The van der Waals surface area contributed by atoms with E-state index >= 15 is 0 Å². The monoisotopic (exact) mass is 685 g/mol. The third kappa shape index (κ3) is 8.67. The van der Waals surface area contributed by atoms with Gasteiger partial charge in [0.25, 0.3) is 0 Å². The Kier molecular flexibility index (Phi) is 12.1. The second kappa shape index (κ2) is 16.5. The molecule has 270 valence electrons. The Balaban J connectivity index is 1.30. The zero-order valence-electron chi connectivity index (χ0n) is 29.8. The van der Waals surface area contributed by atoms with Gasteiger partial charge in [-0.05, 0) is 106 Å². The molecule has 2 heterocycles. The number of aliphatic hydroxyl groups excluding tert-OH is 2. The number of allylic oxidation sites excluding steroid dienone is 2. The summed E-state index contributed by atoms with van der Waals surface area (Å²) in [7, 11) is 0. The van der Waals surface area contributed by atoms with Gasteiger partial charge in [-0.1, -0.05) is 61.0 Å². The predicted molar refractivity (Wildman–Crippen MR) is 193 cm³/mol. The molecule has 6 unspecified atom stereocenters. The molecule has 0 spiro atoms. The van der Waals surface area contributed by atoms with Gasteiger partial charge in [0.05, 0.1) is 43.4 Å². The number of ketones is 1. The van der Waals surface area contributed by atoms with Crippen LogP contribution in [-0.2, 0) is 22.5 Å². The molecule has 8 nitrogen and oxygen atoms in total. The minimum atomic E-state index is -1.10. The van der Waals surface area contributed by atoms with E-state index in [1.54, 1.807) is 12.1 Å². The van der Waals surface area contributed by atoms with E-state index in [-0.39, 0.29) is 30.2 Å². The van der Waals surface area contributed by atoms with Crippen molar-refractivity contribution >= 4 is 5.78 Å². The van der Waals surface area contributed by atoms with Crippen LogP contribution in [0.3, 0.4) is 0 Å². The topological polar surface area (TPSA) is 113 Å². The van der Waals surface area contributed by atoms with Crippen molar-refractivity contribution in [2.24, 2.45) is 5.41 Å². The predicted octanol–water partition coefficient (Wildman–Crippen LogP) is 6.61. The number of rotatable bonds is 12. The number of furan rings is 1. The highest BCUT2D eigenvalue weighted by atomic mass is 16.5. The van der Waals surface area contributed by atoms with Crippen molar-refractivity contribution in [1.82, 2.24) is 4.90 Å². The third-order valence-corrected chi connectivity index (χ3v) is 11.5. The molecule has 2 aromatic carbocycles. The summed E-state index contributed by atoms with van der Waals surface area (Å²) in [5.41, 5.74) is 3.02. The molecule has 4 aliphatic rings. The van der Waals surface area contributed by atoms with Crippen LogP contribution in [0.2, 0.25) is 0 Å². The number of benzene rings is 2. The molecule has 0 amide bonds. The van der Waals surface area contributed by atoms with Crippen molar-refractivity contribution in [2.75, 3.05) is 32.8 Å². The highest BCUT2D eigenvalue weighted by Gasteiger charge is 2.57. The maximum absolute atomic E-state index is 14.0. The van der Waals surface area contributed by atoms with Crippen LogP contribution >= 0.6 is 0 Å². The fourth-order valence-corrected chi connectivity index (χ4v) is 8.62. The number of ether oxygens (including phenoxy) is 2. The minimum absolute atomic E-state index is 0.0519. The van der Waals surface area contributed by atoms with E-state index in [4.69, 9.17) is 13.9 Å². The van der Waals surface area contributed by atoms with Crippen LogP contribution in [0.5, 0.6) is 0 Å². The standard InChI is InChI=1S/C42H55NO7/c1-30-9-6-19-41(2)38(36-17-15-32(23-33(44)16-14-30)24-37(36)40(46)39-13-8-22-50-39)18-20-42(41,47)29-43(26-35-12-7-21-49-35)25-34(45)28-48-27-31-10-4-3-5-11-31/h3-5,8-11,13,15,17,22,24,33-35,38,44-45,47H,6-7,12,14,16,18-21,23,25-29H2,1-2H3. The lowest BCUT2D eigenvalue weighted by Crippen LogP contribution is -2.55. The van der Waals surface area contributed by atoms with E-state index in [0.717, 1.165) is 55.4 Å². The van der Waals surface area contributed by atoms with E-state index in [1.165, 1.54) is 11.8 Å². The fourth-order valence-electron chi connectivity index (χ4n) is 8.62. The van der Waals surface area contributed by atoms with Crippen molar-refractivity contribution in [3.05, 3.63) is 107 Å². The Labute approximate surface area is 297 Å². The second-order valence-corrected chi connectivity index (χ2v) is 15.2. The Bertz CT molecular complexity index is 1570. The maximum Gasteiger partial charge on any atom is 0.228 e. The number of carbonyl (C=O) groups excluding carboxylic acids is 1. The molecule has 3 aliphatic carbocycles. The quantitative estimate of drug-likeness (QED) is 0.144. The minimum Gasteiger partial charge on any atom is -0.461 e. The summed E-state index contributed by atoms with van der Waals surface area (Å²) < 4.78 is 17.6. The zero-order valence-corrected chi connectivity index (χ0v) is 29.8. The van der Waals surface area contributed by atoms with Gasteiger partial charge in [0.15, 0.2) is 5.76 Å². The van der Waals surface area contributed by atoms with Crippen LogP contribution < -0.4 is 0 Å². The van der Waals surface area contributed by atoms with Crippen LogP contribution in [-0.4, -0.2) is 82.8 Å². The number of carbonyl (C=O) groups is 1. The van der Waals surface area contributed by atoms with Crippen molar-refractivity contribution in [1.29, 1.82) is 0 Å². The van der Waals surface area contributed by atoms with Crippen molar-refractivity contribution in [3.8, 4) is 0 Å². The summed E-state index contributed by atoms with van der Waals surface area (Å²) in [6.45, 7) is 7.03. The summed E-state index contributed by atoms with van der Waals surface area (Å²) in [5.74, 6) is 0.00568. The molecule has 1 aromatic heterocycles. The highest BCUT2D eigenvalue weighted by Crippen LogP contribution is 2.59. The van der Waals surface area contributed by atoms with Crippen molar-refractivity contribution in [3.63, 3.8) is 0 Å². The molecular formula is C42H55NO7. The summed E-state index contributed by atoms with van der Waals surface area (Å²) >= 11 is 0. The molecule has 2 fully saturated rings. The first-order valence-electron chi connectivity index (χ1n) is 18.5. The van der Waals surface area contributed by atoms with Crippen LogP contribution in [0.15, 0.2) is 83.0 Å².